The van der Waals surface area contributed by atoms with Crippen molar-refractivity contribution in [3.05, 3.63) is 35.9 Å². The van der Waals surface area contributed by atoms with E-state index in [1.807, 2.05) is 18.2 Å². The standard InChI is InChI=1S/C18H26N2O2/c21-17-10-16(11-19-18(22)15-8-4-5-9-15)20(13-17)12-14-6-2-1-3-7-14/h1-3,6-7,15-17,21H,4-5,8-13H2,(H,19,22). The third-order valence-corrected chi connectivity index (χ3v) is 4.97. The Morgan fingerprint density at radius 2 is 1.95 bits per heavy atom. The van der Waals surface area contributed by atoms with Crippen molar-refractivity contribution in [2.75, 3.05) is 13.1 Å². The quantitative estimate of drug-likeness (QED) is 0.874. The summed E-state index contributed by atoms with van der Waals surface area (Å²) >= 11 is 0. The van der Waals surface area contributed by atoms with Gasteiger partial charge >= 0.3 is 0 Å². The molecule has 1 aliphatic heterocycles. The molecule has 1 aromatic carbocycles. The van der Waals surface area contributed by atoms with Gasteiger partial charge in [0.05, 0.1) is 6.10 Å². The molecule has 2 aliphatic rings. The van der Waals surface area contributed by atoms with Crippen molar-refractivity contribution in [2.45, 2.75) is 50.8 Å². The Hall–Kier alpha value is -1.39. The average Bonchev–Trinajstić information content (AvgIpc) is 3.16. The molecular weight excluding hydrogens is 276 g/mol. The molecule has 1 aliphatic carbocycles. The minimum absolute atomic E-state index is 0.207. The number of likely N-dealkylation sites (tertiary alicyclic amines) is 1. The number of β-amino-alcohol motifs (C(OH)–C–C–N with tert-alkyl or cyclic N) is 1. The van der Waals surface area contributed by atoms with Crippen LogP contribution in [-0.2, 0) is 11.3 Å². The first kappa shape index (κ1) is 15.5. The topological polar surface area (TPSA) is 52.6 Å². The van der Waals surface area contributed by atoms with Gasteiger partial charge in [-0.1, -0.05) is 43.2 Å². The molecule has 4 heteroatoms. The van der Waals surface area contributed by atoms with Gasteiger partial charge in [0.1, 0.15) is 0 Å². The largest absolute Gasteiger partial charge is 0.392 e. The van der Waals surface area contributed by atoms with Gasteiger partial charge in [0.2, 0.25) is 5.91 Å². The van der Waals surface area contributed by atoms with Crippen LogP contribution in [0.1, 0.15) is 37.7 Å². The van der Waals surface area contributed by atoms with Crippen LogP contribution >= 0.6 is 0 Å². The molecule has 2 fully saturated rings. The Balaban J connectivity index is 1.53. The highest BCUT2D eigenvalue weighted by Gasteiger charge is 2.31. The molecule has 0 bridgehead atoms. The Kier molecular flexibility index (Phi) is 5.11. The van der Waals surface area contributed by atoms with Crippen LogP contribution < -0.4 is 5.32 Å². The number of hydrogen-bond acceptors (Lipinski definition) is 3. The molecule has 22 heavy (non-hydrogen) atoms. The molecule has 2 unspecified atom stereocenters. The fourth-order valence-corrected chi connectivity index (χ4v) is 3.73. The summed E-state index contributed by atoms with van der Waals surface area (Å²) in [6.45, 7) is 2.18. The number of nitrogens with one attached hydrogen (secondary N) is 1. The lowest BCUT2D eigenvalue weighted by atomic mass is 10.1. The first-order valence-corrected chi connectivity index (χ1v) is 8.46. The summed E-state index contributed by atoms with van der Waals surface area (Å²) in [6.07, 6.45) is 4.90. The van der Waals surface area contributed by atoms with E-state index in [0.29, 0.717) is 13.1 Å². The Morgan fingerprint density at radius 1 is 1.23 bits per heavy atom. The van der Waals surface area contributed by atoms with Crippen molar-refractivity contribution in [2.24, 2.45) is 5.92 Å². The number of benzene rings is 1. The Bertz CT molecular complexity index is 485. The number of rotatable bonds is 5. The summed E-state index contributed by atoms with van der Waals surface area (Å²) in [4.78, 5) is 14.4. The third-order valence-electron chi connectivity index (χ3n) is 4.97. The van der Waals surface area contributed by atoms with Crippen molar-refractivity contribution in [1.82, 2.24) is 10.2 Å². The van der Waals surface area contributed by atoms with Gasteiger partial charge in [-0.2, -0.15) is 0 Å². The average molecular weight is 302 g/mol. The molecule has 3 rings (SSSR count). The normalized spacial score (nSPS) is 26.4. The summed E-state index contributed by atoms with van der Waals surface area (Å²) in [5.74, 6) is 0.424. The molecule has 1 saturated carbocycles. The lowest BCUT2D eigenvalue weighted by Crippen LogP contribution is -2.41. The second-order valence-electron chi connectivity index (χ2n) is 6.68. The molecule has 120 valence electrons. The molecule has 0 aromatic heterocycles. The van der Waals surface area contributed by atoms with E-state index < -0.39 is 0 Å². The van der Waals surface area contributed by atoms with Gasteiger partial charge in [0.15, 0.2) is 0 Å². The molecule has 1 saturated heterocycles. The van der Waals surface area contributed by atoms with Crippen LogP contribution in [0.2, 0.25) is 0 Å². The van der Waals surface area contributed by atoms with Gasteiger partial charge in [0, 0.05) is 31.6 Å². The number of hydrogen-bond donors (Lipinski definition) is 2. The van der Waals surface area contributed by atoms with Crippen molar-refractivity contribution in [3.8, 4) is 0 Å². The van der Waals surface area contributed by atoms with E-state index in [1.54, 1.807) is 0 Å². The van der Waals surface area contributed by atoms with E-state index in [4.69, 9.17) is 0 Å². The Morgan fingerprint density at radius 3 is 2.68 bits per heavy atom. The highest BCUT2D eigenvalue weighted by atomic mass is 16.3. The van der Waals surface area contributed by atoms with Crippen LogP contribution in [-0.4, -0.2) is 41.1 Å². The van der Waals surface area contributed by atoms with E-state index in [-0.39, 0.29) is 24.0 Å². The van der Waals surface area contributed by atoms with Gasteiger partial charge < -0.3 is 10.4 Å². The number of nitrogens with zero attached hydrogens (tertiary/aromatic N) is 1. The van der Waals surface area contributed by atoms with Crippen molar-refractivity contribution in [3.63, 3.8) is 0 Å². The second kappa shape index (κ2) is 7.25. The first-order chi connectivity index (χ1) is 10.7. The zero-order valence-corrected chi connectivity index (χ0v) is 13.1. The summed E-state index contributed by atoms with van der Waals surface area (Å²) in [5, 5.41) is 13.1. The van der Waals surface area contributed by atoms with Crippen LogP contribution in [0.5, 0.6) is 0 Å². The van der Waals surface area contributed by atoms with Gasteiger partial charge in [0.25, 0.3) is 0 Å². The molecule has 1 aromatic rings. The molecule has 0 spiro atoms. The number of aliphatic hydroxyl groups excluding tert-OH is 1. The molecular formula is C18H26N2O2. The predicted octanol–water partition coefficient (Wildman–Crippen LogP) is 1.93. The first-order valence-electron chi connectivity index (χ1n) is 8.46. The van der Waals surface area contributed by atoms with E-state index >= 15 is 0 Å². The van der Waals surface area contributed by atoms with Gasteiger partial charge in [-0.3, -0.25) is 9.69 Å². The zero-order valence-electron chi connectivity index (χ0n) is 13.1. The van der Waals surface area contributed by atoms with Crippen LogP contribution in [0.3, 0.4) is 0 Å². The lowest BCUT2D eigenvalue weighted by molar-refractivity contribution is -0.125. The maximum Gasteiger partial charge on any atom is 0.223 e. The minimum atomic E-state index is -0.280. The number of aliphatic hydroxyl groups is 1. The van der Waals surface area contributed by atoms with Crippen LogP contribution in [0.4, 0.5) is 0 Å². The van der Waals surface area contributed by atoms with Gasteiger partial charge in [-0.15, -0.1) is 0 Å². The van der Waals surface area contributed by atoms with E-state index in [2.05, 4.69) is 22.3 Å². The van der Waals surface area contributed by atoms with Crippen LogP contribution in [0.25, 0.3) is 0 Å². The maximum atomic E-state index is 12.2. The molecule has 2 atom stereocenters. The molecule has 0 radical (unpaired) electrons. The summed E-state index contributed by atoms with van der Waals surface area (Å²) in [7, 11) is 0. The number of amides is 1. The van der Waals surface area contributed by atoms with Crippen LogP contribution in [0, 0.1) is 5.92 Å². The van der Waals surface area contributed by atoms with E-state index in [9.17, 15) is 9.90 Å². The maximum absolute atomic E-state index is 12.2. The highest BCUT2D eigenvalue weighted by Crippen LogP contribution is 2.25. The lowest BCUT2D eigenvalue weighted by Gasteiger charge is -2.25. The predicted molar refractivity (Wildman–Crippen MR) is 86.2 cm³/mol. The van der Waals surface area contributed by atoms with Crippen LogP contribution in [0.15, 0.2) is 30.3 Å². The molecule has 4 nitrogen and oxygen atoms in total. The second-order valence-corrected chi connectivity index (χ2v) is 6.68. The molecule has 2 N–H and O–H groups in total. The monoisotopic (exact) mass is 302 g/mol. The summed E-state index contributed by atoms with van der Waals surface area (Å²) < 4.78 is 0. The Labute approximate surface area is 132 Å². The van der Waals surface area contributed by atoms with E-state index in [0.717, 1.165) is 25.8 Å². The number of carbonyl (C=O) groups is 1. The molecule has 1 amide bonds. The van der Waals surface area contributed by atoms with Gasteiger partial charge in [-0.25, -0.2) is 0 Å². The number of carbonyl (C=O) groups excluding carboxylic acids is 1. The molecule has 1 heterocycles. The zero-order chi connectivity index (χ0) is 15.4. The van der Waals surface area contributed by atoms with Crippen molar-refractivity contribution < 1.29 is 9.90 Å². The summed E-state index contributed by atoms with van der Waals surface area (Å²) in [5.41, 5.74) is 1.25. The van der Waals surface area contributed by atoms with Gasteiger partial charge in [-0.05, 0) is 24.8 Å². The highest BCUT2D eigenvalue weighted by molar-refractivity contribution is 5.78. The smallest absolute Gasteiger partial charge is 0.223 e. The fourth-order valence-electron chi connectivity index (χ4n) is 3.73. The SMILES string of the molecule is O=C(NCC1CC(O)CN1Cc1ccccc1)C1CCCC1. The minimum Gasteiger partial charge on any atom is -0.392 e. The summed E-state index contributed by atoms with van der Waals surface area (Å²) in [6, 6.07) is 10.6. The fraction of sp³-hybridized carbons (Fsp3) is 0.611. The third kappa shape index (κ3) is 3.87. The van der Waals surface area contributed by atoms with E-state index in [1.165, 1.54) is 18.4 Å². The van der Waals surface area contributed by atoms with Crippen molar-refractivity contribution in [1.29, 1.82) is 0 Å². The van der Waals surface area contributed by atoms with Crippen molar-refractivity contribution >= 4 is 5.91 Å².